The molecule has 14 heavy (non-hydrogen) atoms. The molecule has 0 bridgehead atoms. The maximum atomic E-state index is 5.29. The molecule has 4 heteroatoms. The van der Waals surface area contributed by atoms with Crippen molar-refractivity contribution in [2.75, 3.05) is 7.05 Å². The SMILES string of the molecule is CNCc1coc(-c2ccccn2)n1. The van der Waals surface area contributed by atoms with Crippen molar-refractivity contribution < 1.29 is 4.42 Å². The molecule has 0 atom stereocenters. The van der Waals surface area contributed by atoms with E-state index in [1.54, 1.807) is 12.5 Å². The Hall–Kier alpha value is -1.68. The second kappa shape index (κ2) is 4.02. The van der Waals surface area contributed by atoms with Crippen molar-refractivity contribution in [2.45, 2.75) is 6.54 Å². The molecule has 0 amide bonds. The number of aromatic nitrogens is 2. The standard InChI is InChI=1S/C10H11N3O/c1-11-6-8-7-14-10(13-8)9-4-2-3-5-12-9/h2-5,7,11H,6H2,1H3. The van der Waals surface area contributed by atoms with Crippen LogP contribution in [0.2, 0.25) is 0 Å². The molecule has 0 spiro atoms. The van der Waals surface area contributed by atoms with E-state index in [4.69, 9.17) is 4.42 Å². The molecule has 4 nitrogen and oxygen atoms in total. The van der Waals surface area contributed by atoms with Crippen molar-refractivity contribution >= 4 is 0 Å². The zero-order valence-electron chi connectivity index (χ0n) is 7.90. The van der Waals surface area contributed by atoms with E-state index in [-0.39, 0.29) is 0 Å². The highest BCUT2D eigenvalue weighted by Gasteiger charge is 2.05. The van der Waals surface area contributed by atoms with E-state index in [1.807, 2.05) is 25.2 Å². The maximum Gasteiger partial charge on any atom is 0.245 e. The summed E-state index contributed by atoms with van der Waals surface area (Å²) in [5.74, 6) is 0.566. The predicted octanol–water partition coefficient (Wildman–Crippen LogP) is 1.46. The molecule has 0 aromatic carbocycles. The highest BCUT2D eigenvalue weighted by molar-refractivity contribution is 5.45. The van der Waals surface area contributed by atoms with Gasteiger partial charge in [-0.2, -0.15) is 0 Å². The van der Waals surface area contributed by atoms with Crippen molar-refractivity contribution in [3.63, 3.8) is 0 Å². The van der Waals surface area contributed by atoms with Gasteiger partial charge in [0.2, 0.25) is 5.89 Å². The first kappa shape index (κ1) is 8.90. The van der Waals surface area contributed by atoms with Gasteiger partial charge in [0.05, 0.1) is 5.69 Å². The van der Waals surface area contributed by atoms with Crippen LogP contribution in [0.5, 0.6) is 0 Å². The summed E-state index contributed by atoms with van der Waals surface area (Å²) in [6.45, 7) is 0.705. The van der Waals surface area contributed by atoms with Crippen molar-refractivity contribution in [3.8, 4) is 11.6 Å². The second-order valence-corrected chi connectivity index (χ2v) is 2.89. The third-order valence-electron chi connectivity index (χ3n) is 1.79. The molecule has 0 aliphatic carbocycles. The van der Waals surface area contributed by atoms with Gasteiger partial charge in [-0.1, -0.05) is 6.07 Å². The number of hydrogen-bond acceptors (Lipinski definition) is 4. The zero-order valence-corrected chi connectivity index (χ0v) is 7.90. The third kappa shape index (κ3) is 1.80. The van der Waals surface area contributed by atoms with Gasteiger partial charge < -0.3 is 9.73 Å². The predicted molar refractivity (Wildman–Crippen MR) is 52.5 cm³/mol. The van der Waals surface area contributed by atoms with E-state index in [0.717, 1.165) is 11.4 Å². The zero-order chi connectivity index (χ0) is 9.80. The van der Waals surface area contributed by atoms with Crippen molar-refractivity contribution in [2.24, 2.45) is 0 Å². The summed E-state index contributed by atoms with van der Waals surface area (Å²) in [6.07, 6.45) is 3.36. The number of hydrogen-bond donors (Lipinski definition) is 1. The summed E-state index contributed by atoms with van der Waals surface area (Å²) in [5, 5.41) is 3.01. The summed E-state index contributed by atoms with van der Waals surface area (Å²) >= 11 is 0. The van der Waals surface area contributed by atoms with E-state index in [1.165, 1.54) is 0 Å². The van der Waals surface area contributed by atoms with Gasteiger partial charge in [-0.05, 0) is 19.2 Å². The molecule has 0 aliphatic heterocycles. The van der Waals surface area contributed by atoms with Crippen LogP contribution in [0, 0.1) is 0 Å². The summed E-state index contributed by atoms with van der Waals surface area (Å²) in [5.41, 5.74) is 1.64. The van der Waals surface area contributed by atoms with Crippen LogP contribution in [-0.4, -0.2) is 17.0 Å². The first-order valence-electron chi connectivity index (χ1n) is 4.40. The average Bonchev–Trinajstić information content (AvgIpc) is 2.68. The van der Waals surface area contributed by atoms with Crippen LogP contribution in [0.3, 0.4) is 0 Å². The third-order valence-corrected chi connectivity index (χ3v) is 1.79. The van der Waals surface area contributed by atoms with Gasteiger partial charge in [0.25, 0.3) is 0 Å². The second-order valence-electron chi connectivity index (χ2n) is 2.89. The van der Waals surface area contributed by atoms with Gasteiger partial charge in [-0.3, -0.25) is 4.98 Å². The highest BCUT2D eigenvalue weighted by atomic mass is 16.3. The number of nitrogens with one attached hydrogen (secondary N) is 1. The van der Waals surface area contributed by atoms with Crippen molar-refractivity contribution in [1.82, 2.24) is 15.3 Å². The molecule has 2 aromatic rings. The largest absolute Gasteiger partial charge is 0.443 e. The van der Waals surface area contributed by atoms with Crippen LogP contribution in [0.25, 0.3) is 11.6 Å². The van der Waals surface area contributed by atoms with Crippen LogP contribution >= 0.6 is 0 Å². The minimum atomic E-state index is 0.566. The minimum absolute atomic E-state index is 0.566. The van der Waals surface area contributed by atoms with E-state index >= 15 is 0 Å². The Bertz CT molecular complexity index is 397. The Morgan fingerprint density at radius 2 is 2.36 bits per heavy atom. The van der Waals surface area contributed by atoms with Crippen LogP contribution in [0.1, 0.15) is 5.69 Å². The molecule has 0 fully saturated rings. The Morgan fingerprint density at radius 3 is 3.07 bits per heavy atom. The molecule has 2 heterocycles. The number of rotatable bonds is 3. The van der Waals surface area contributed by atoms with E-state index in [2.05, 4.69) is 15.3 Å². The van der Waals surface area contributed by atoms with Crippen LogP contribution in [-0.2, 0) is 6.54 Å². The lowest BCUT2D eigenvalue weighted by molar-refractivity contribution is 0.569. The van der Waals surface area contributed by atoms with Gasteiger partial charge in [0, 0.05) is 12.7 Å². The van der Waals surface area contributed by atoms with Crippen LogP contribution in [0.4, 0.5) is 0 Å². The Morgan fingerprint density at radius 1 is 1.43 bits per heavy atom. The topological polar surface area (TPSA) is 51.0 Å². The molecular formula is C10H11N3O. The van der Waals surface area contributed by atoms with Gasteiger partial charge >= 0.3 is 0 Å². The molecular weight excluding hydrogens is 178 g/mol. The van der Waals surface area contributed by atoms with Gasteiger partial charge in [-0.25, -0.2) is 4.98 Å². The summed E-state index contributed by atoms with van der Waals surface area (Å²) in [6, 6.07) is 5.64. The molecule has 2 aromatic heterocycles. The first-order valence-corrected chi connectivity index (χ1v) is 4.40. The summed E-state index contributed by atoms with van der Waals surface area (Å²) < 4.78 is 5.29. The fourth-order valence-electron chi connectivity index (χ4n) is 1.18. The molecule has 0 radical (unpaired) electrons. The fraction of sp³-hybridized carbons (Fsp3) is 0.200. The normalized spacial score (nSPS) is 10.4. The summed E-state index contributed by atoms with van der Waals surface area (Å²) in [4.78, 5) is 8.42. The smallest absolute Gasteiger partial charge is 0.245 e. The van der Waals surface area contributed by atoms with Crippen LogP contribution < -0.4 is 5.32 Å². The Kier molecular flexibility index (Phi) is 2.55. The molecule has 72 valence electrons. The lowest BCUT2D eigenvalue weighted by Gasteiger charge is -1.91. The molecule has 1 N–H and O–H groups in total. The monoisotopic (exact) mass is 189 g/mol. The van der Waals surface area contributed by atoms with Crippen LogP contribution in [0.15, 0.2) is 35.1 Å². The molecule has 2 rings (SSSR count). The number of nitrogens with zero attached hydrogens (tertiary/aromatic N) is 2. The van der Waals surface area contributed by atoms with E-state index in [0.29, 0.717) is 12.4 Å². The highest BCUT2D eigenvalue weighted by Crippen LogP contribution is 2.14. The van der Waals surface area contributed by atoms with Gasteiger partial charge in [0.15, 0.2) is 0 Å². The number of pyridine rings is 1. The van der Waals surface area contributed by atoms with Crippen molar-refractivity contribution in [1.29, 1.82) is 0 Å². The lowest BCUT2D eigenvalue weighted by atomic mass is 10.3. The molecule has 0 saturated heterocycles. The first-order chi connectivity index (χ1) is 6.90. The van der Waals surface area contributed by atoms with Crippen molar-refractivity contribution in [3.05, 3.63) is 36.4 Å². The minimum Gasteiger partial charge on any atom is -0.443 e. The van der Waals surface area contributed by atoms with Gasteiger partial charge in [0.1, 0.15) is 12.0 Å². The van der Waals surface area contributed by atoms with E-state index < -0.39 is 0 Å². The Labute approximate surface area is 82.0 Å². The lowest BCUT2D eigenvalue weighted by Crippen LogP contribution is -2.04. The fourth-order valence-corrected chi connectivity index (χ4v) is 1.18. The average molecular weight is 189 g/mol. The van der Waals surface area contributed by atoms with E-state index in [9.17, 15) is 0 Å². The summed E-state index contributed by atoms with van der Waals surface area (Å²) in [7, 11) is 1.87. The Balaban J connectivity index is 2.25. The molecule has 0 saturated carbocycles. The maximum absolute atomic E-state index is 5.29. The molecule has 0 aliphatic rings. The van der Waals surface area contributed by atoms with Gasteiger partial charge in [-0.15, -0.1) is 0 Å². The number of oxazole rings is 1. The molecule has 0 unspecified atom stereocenters. The quantitative estimate of drug-likeness (QED) is 0.794.